The fourth-order valence-electron chi connectivity index (χ4n) is 2.10. The molecule has 112 valence electrons. The first-order valence-corrected chi connectivity index (χ1v) is 7.17. The van der Waals surface area contributed by atoms with Gasteiger partial charge in [-0.2, -0.15) is 0 Å². The Morgan fingerprint density at radius 3 is 2.57 bits per heavy atom. The lowest BCUT2D eigenvalue weighted by molar-refractivity contribution is 0.274. The quantitative estimate of drug-likeness (QED) is 0.932. The van der Waals surface area contributed by atoms with Gasteiger partial charge < -0.3 is 9.84 Å². The molecular formula is C17H22N2O2. The van der Waals surface area contributed by atoms with Crippen LogP contribution in [0.4, 0.5) is 0 Å². The van der Waals surface area contributed by atoms with E-state index in [9.17, 15) is 0 Å². The molecule has 0 atom stereocenters. The zero-order valence-corrected chi connectivity index (χ0v) is 13.1. The minimum absolute atomic E-state index is 0.0253. The summed E-state index contributed by atoms with van der Waals surface area (Å²) < 4.78 is 5.89. The summed E-state index contributed by atoms with van der Waals surface area (Å²) in [5, 5.41) is 9.12. The molecule has 0 aliphatic carbocycles. The Labute approximate surface area is 125 Å². The van der Waals surface area contributed by atoms with Crippen molar-refractivity contribution in [2.24, 2.45) is 0 Å². The van der Waals surface area contributed by atoms with Gasteiger partial charge in [0.05, 0.1) is 24.7 Å². The second-order valence-corrected chi connectivity index (χ2v) is 6.04. The predicted octanol–water partition coefficient (Wildman–Crippen LogP) is 3.62. The Balaban J connectivity index is 2.39. The standard InChI is InChI=1S/C17H22N2O2/c1-5-12-6-7-15(14(8-12)17(2,3)4)21-16-10-18-9-13(11-20)19-16/h6-10,20H,5,11H2,1-4H3. The highest BCUT2D eigenvalue weighted by Gasteiger charge is 2.20. The summed E-state index contributed by atoms with van der Waals surface area (Å²) in [5.41, 5.74) is 2.89. The van der Waals surface area contributed by atoms with Crippen molar-refractivity contribution >= 4 is 0 Å². The van der Waals surface area contributed by atoms with Crippen molar-refractivity contribution in [2.45, 2.75) is 46.1 Å². The summed E-state index contributed by atoms with van der Waals surface area (Å²) in [6, 6.07) is 6.22. The first-order valence-electron chi connectivity index (χ1n) is 7.17. The van der Waals surface area contributed by atoms with Crippen LogP contribution >= 0.6 is 0 Å². The van der Waals surface area contributed by atoms with Crippen LogP contribution in [0.5, 0.6) is 11.6 Å². The molecular weight excluding hydrogens is 264 g/mol. The Morgan fingerprint density at radius 1 is 1.19 bits per heavy atom. The number of aliphatic hydroxyl groups excluding tert-OH is 1. The Bertz CT molecular complexity index is 618. The van der Waals surface area contributed by atoms with E-state index >= 15 is 0 Å². The molecule has 1 aromatic heterocycles. The lowest BCUT2D eigenvalue weighted by Crippen LogP contribution is -2.13. The van der Waals surface area contributed by atoms with Gasteiger partial charge in [-0.3, -0.25) is 4.98 Å². The van der Waals surface area contributed by atoms with Gasteiger partial charge in [0.1, 0.15) is 5.75 Å². The fraction of sp³-hybridized carbons (Fsp3) is 0.412. The normalized spacial score (nSPS) is 11.5. The van der Waals surface area contributed by atoms with E-state index in [-0.39, 0.29) is 12.0 Å². The number of aromatic nitrogens is 2. The van der Waals surface area contributed by atoms with Crippen LogP contribution in [-0.2, 0) is 18.4 Å². The highest BCUT2D eigenvalue weighted by Crippen LogP contribution is 2.34. The summed E-state index contributed by atoms with van der Waals surface area (Å²) in [4.78, 5) is 8.25. The second-order valence-electron chi connectivity index (χ2n) is 6.04. The number of aliphatic hydroxyl groups is 1. The minimum atomic E-state index is -0.148. The minimum Gasteiger partial charge on any atom is -0.437 e. The Morgan fingerprint density at radius 2 is 1.95 bits per heavy atom. The van der Waals surface area contributed by atoms with Gasteiger partial charge in [0.25, 0.3) is 0 Å². The molecule has 0 bridgehead atoms. The number of benzene rings is 1. The van der Waals surface area contributed by atoms with Gasteiger partial charge >= 0.3 is 0 Å². The van der Waals surface area contributed by atoms with Crippen LogP contribution in [0.2, 0.25) is 0 Å². The topological polar surface area (TPSA) is 55.2 Å². The number of hydrogen-bond acceptors (Lipinski definition) is 4. The molecule has 0 aliphatic rings. The average Bonchev–Trinajstić information content (AvgIpc) is 2.46. The number of rotatable bonds is 4. The molecule has 0 saturated heterocycles. The highest BCUT2D eigenvalue weighted by molar-refractivity contribution is 5.43. The van der Waals surface area contributed by atoms with E-state index in [1.165, 1.54) is 11.8 Å². The molecule has 1 N–H and O–H groups in total. The van der Waals surface area contributed by atoms with Gasteiger partial charge in [0.15, 0.2) is 0 Å². The largest absolute Gasteiger partial charge is 0.437 e. The van der Waals surface area contributed by atoms with Crippen molar-refractivity contribution in [2.75, 3.05) is 0 Å². The van der Waals surface area contributed by atoms with Crippen LogP contribution in [-0.4, -0.2) is 15.1 Å². The van der Waals surface area contributed by atoms with Crippen molar-refractivity contribution < 1.29 is 9.84 Å². The summed E-state index contributed by atoms with van der Waals surface area (Å²) in [7, 11) is 0. The lowest BCUT2D eigenvalue weighted by atomic mass is 9.85. The Hall–Kier alpha value is -1.94. The maximum atomic E-state index is 9.12. The van der Waals surface area contributed by atoms with Gasteiger partial charge in [-0.15, -0.1) is 0 Å². The first kappa shape index (κ1) is 15.4. The molecule has 4 heteroatoms. The SMILES string of the molecule is CCc1ccc(Oc2cncc(CO)n2)c(C(C)(C)C)c1. The molecule has 2 aromatic rings. The van der Waals surface area contributed by atoms with E-state index in [4.69, 9.17) is 9.84 Å². The maximum absolute atomic E-state index is 9.12. The van der Waals surface area contributed by atoms with Gasteiger partial charge in [0.2, 0.25) is 5.88 Å². The first-order chi connectivity index (χ1) is 9.94. The molecule has 21 heavy (non-hydrogen) atoms. The van der Waals surface area contributed by atoms with Crippen LogP contribution in [0.3, 0.4) is 0 Å². The zero-order valence-electron chi connectivity index (χ0n) is 13.1. The van der Waals surface area contributed by atoms with Gasteiger partial charge in [-0.25, -0.2) is 4.98 Å². The van der Waals surface area contributed by atoms with Gasteiger partial charge in [-0.1, -0.05) is 39.8 Å². The third-order valence-electron chi connectivity index (χ3n) is 3.30. The molecule has 0 radical (unpaired) electrons. The number of ether oxygens (including phenoxy) is 1. The number of aryl methyl sites for hydroxylation is 1. The predicted molar refractivity (Wildman–Crippen MR) is 82.5 cm³/mol. The lowest BCUT2D eigenvalue weighted by Gasteiger charge is -2.23. The molecule has 0 unspecified atom stereocenters. The van der Waals surface area contributed by atoms with Crippen LogP contribution in [0.15, 0.2) is 30.6 Å². The van der Waals surface area contributed by atoms with Crippen LogP contribution < -0.4 is 4.74 Å². The number of hydrogen-bond donors (Lipinski definition) is 1. The molecule has 0 amide bonds. The average molecular weight is 286 g/mol. The summed E-state index contributed by atoms with van der Waals surface area (Å²) in [6.07, 6.45) is 4.07. The summed E-state index contributed by atoms with van der Waals surface area (Å²) in [5.74, 6) is 1.18. The molecule has 1 heterocycles. The zero-order chi connectivity index (χ0) is 15.5. The number of nitrogens with zero attached hydrogens (tertiary/aromatic N) is 2. The molecule has 0 saturated carbocycles. The van der Waals surface area contributed by atoms with Crippen LogP contribution in [0, 0.1) is 0 Å². The highest BCUT2D eigenvalue weighted by atomic mass is 16.5. The molecule has 2 rings (SSSR count). The van der Waals surface area contributed by atoms with Gasteiger partial charge in [0, 0.05) is 5.56 Å². The third kappa shape index (κ3) is 3.79. The van der Waals surface area contributed by atoms with E-state index in [0.717, 1.165) is 17.7 Å². The van der Waals surface area contributed by atoms with Crippen molar-refractivity contribution in [3.8, 4) is 11.6 Å². The van der Waals surface area contributed by atoms with Crippen molar-refractivity contribution in [3.05, 3.63) is 47.4 Å². The fourth-order valence-corrected chi connectivity index (χ4v) is 2.10. The molecule has 0 spiro atoms. The van der Waals surface area contributed by atoms with Crippen LogP contribution in [0.25, 0.3) is 0 Å². The molecule has 1 aromatic carbocycles. The van der Waals surface area contributed by atoms with Crippen molar-refractivity contribution in [1.29, 1.82) is 0 Å². The maximum Gasteiger partial charge on any atom is 0.238 e. The van der Waals surface area contributed by atoms with E-state index in [2.05, 4.69) is 49.8 Å². The van der Waals surface area contributed by atoms with E-state index in [1.807, 2.05) is 6.07 Å². The van der Waals surface area contributed by atoms with Gasteiger partial charge in [-0.05, 0) is 23.5 Å². The van der Waals surface area contributed by atoms with E-state index < -0.39 is 0 Å². The Kier molecular flexibility index (Phi) is 4.58. The van der Waals surface area contributed by atoms with E-state index in [1.54, 1.807) is 6.20 Å². The third-order valence-corrected chi connectivity index (χ3v) is 3.30. The summed E-state index contributed by atoms with van der Waals surface area (Å²) >= 11 is 0. The molecule has 0 fully saturated rings. The molecule has 0 aliphatic heterocycles. The smallest absolute Gasteiger partial charge is 0.238 e. The molecule has 4 nitrogen and oxygen atoms in total. The summed E-state index contributed by atoms with van der Waals surface area (Å²) in [6.45, 7) is 8.46. The van der Waals surface area contributed by atoms with E-state index in [0.29, 0.717) is 11.6 Å². The second kappa shape index (κ2) is 6.22. The monoisotopic (exact) mass is 286 g/mol. The van der Waals surface area contributed by atoms with Crippen molar-refractivity contribution in [3.63, 3.8) is 0 Å². The van der Waals surface area contributed by atoms with Crippen LogP contribution in [0.1, 0.15) is 44.5 Å². The van der Waals surface area contributed by atoms with Crippen molar-refractivity contribution in [1.82, 2.24) is 9.97 Å².